The van der Waals surface area contributed by atoms with E-state index in [1.54, 1.807) is 0 Å². The Bertz CT molecular complexity index is 776. The Morgan fingerprint density at radius 3 is 2.59 bits per heavy atom. The molecule has 1 atom stereocenters. The maximum atomic E-state index is 12.6. The minimum atomic E-state index is -0.632. The van der Waals surface area contributed by atoms with E-state index < -0.39 is 6.10 Å². The zero-order chi connectivity index (χ0) is 18.6. The third-order valence-corrected chi connectivity index (χ3v) is 5.19. The molecule has 0 aromatic heterocycles. The van der Waals surface area contributed by atoms with Crippen LogP contribution in [0.15, 0.2) is 54.6 Å². The summed E-state index contributed by atoms with van der Waals surface area (Å²) in [6.45, 7) is 1.94. The van der Waals surface area contributed by atoms with Crippen LogP contribution in [0.3, 0.4) is 0 Å². The summed E-state index contributed by atoms with van der Waals surface area (Å²) in [5, 5.41) is 10.5. The molecule has 1 amide bonds. The highest BCUT2D eigenvalue weighted by atomic mass is 16.5. The van der Waals surface area contributed by atoms with Crippen molar-refractivity contribution in [1.82, 2.24) is 4.90 Å². The monoisotopic (exact) mass is 366 g/mol. The highest BCUT2D eigenvalue weighted by Crippen LogP contribution is 2.33. The van der Waals surface area contributed by atoms with Gasteiger partial charge in [0.1, 0.15) is 18.5 Å². The standard InChI is InChI=1S/C22H26N2O3/c25-19(16-27-20-7-2-1-3-8-20)15-23-13-12-22(26)24(18-10-11-18)14-17-6-4-5-9-21(17)23/h1-9,18-19,25H,10-16H2. The number of carbonyl (C=O) groups is 1. The summed E-state index contributed by atoms with van der Waals surface area (Å²) in [6.07, 6.45) is 2.09. The summed E-state index contributed by atoms with van der Waals surface area (Å²) >= 11 is 0. The molecule has 1 heterocycles. The molecule has 27 heavy (non-hydrogen) atoms. The molecule has 1 unspecified atom stereocenters. The molecule has 0 saturated heterocycles. The van der Waals surface area contributed by atoms with Crippen molar-refractivity contribution in [1.29, 1.82) is 0 Å². The van der Waals surface area contributed by atoms with Crippen molar-refractivity contribution < 1.29 is 14.6 Å². The second-order valence-corrected chi connectivity index (χ2v) is 7.36. The molecule has 1 N–H and O–H groups in total. The number of nitrogens with zero attached hydrogens (tertiary/aromatic N) is 2. The van der Waals surface area contributed by atoms with Crippen molar-refractivity contribution in [3.8, 4) is 5.75 Å². The van der Waals surface area contributed by atoms with Crippen LogP contribution < -0.4 is 9.64 Å². The second kappa shape index (κ2) is 8.01. The first-order chi connectivity index (χ1) is 13.2. The lowest BCUT2D eigenvalue weighted by Gasteiger charge is -2.34. The summed E-state index contributed by atoms with van der Waals surface area (Å²) in [4.78, 5) is 16.8. The molecule has 0 bridgehead atoms. The van der Waals surface area contributed by atoms with E-state index in [4.69, 9.17) is 4.74 Å². The smallest absolute Gasteiger partial charge is 0.224 e. The number of para-hydroxylation sites is 2. The molecule has 5 heteroatoms. The molecule has 0 spiro atoms. The van der Waals surface area contributed by atoms with Gasteiger partial charge in [0.15, 0.2) is 0 Å². The molecule has 5 nitrogen and oxygen atoms in total. The number of ether oxygens (including phenoxy) is 1. The number of fused-ring (bicyclic) bond motifs is 1. The third kappa shape index (κ3) is 4.42. The van der Waals surface area contributed by atoms with Gasteiger partial charge < -0.3 is 19.6 Å². The maximum absolute atomic E-state index is 12.6. The van der Waals surface area contributed by atoms with E-state index >= 15 is 0 Å². The average molecular weight is 366 g/mol. The lowest BCUT2D eigenvalue weighted by atomic mass is 10.1. The maximum Gasteiger partial charge on any atom is 0.224 e. The summed E-state index contributed by atoms with van der Waals surface area (Å²) in [7, 11) is 0. The van der Waals surface area contributed by atoms with E-state index in [1.807, 2.05) is 47.4 Å². The minimum Gasteiger partial charge on any atom is -0.491 e. The number of rotatable bonds is 6. The number of aliphatic hydroxyl groups is 1. The van der Waals surface area contributed by atoms with Gasteiger partial charge in [-0.05, 0) is 36.6 Å². The van der Waals surface area contributed by atoms with Gasteiger partial charge in [0.05, 0.1) is 0 Å². The Balaban J connectivity index is 1.45. The SMILES string of the molecule is O=C1CCN(CC(O)COc2ccccc2)c2ccccc2CN1C1CC1. The van der Waals surface area contributed by atoms with Crippen LogP contribution in [0, 0.1) is 0 Å². The van der Waals surface area contributed by atoms with E-state index in [0.717, 1.165) is 29.8 Å². The van der Waals surface area contributed by atoms with Crippen LogP contribution in [-0.2, 0) is 11.3 Å². The molecule has 2 aromatic rings. The van der Waals surface area contributed by atoms with Crippen LogP contribution in [0.2, 0.25) is 0 Å². The van der Waals surface area contributed by atoms with Gasteiger partial charge in [0.25, 0.3) is 0 Å². The normalized spacial score (nSPS) is 18.5. The fourth-order valence-electron chi connectivity index (χ4n) is 3.64. The Hall–Kier alpha value is -2.53. The number of benzene rings is 2. The number of anilines is 1. The minimum absolute atomic E-state index is 0.215. The van der Waals surface area contributed by atoms with Crippen LogP contribution in [-0.4, -0.2) is 47.8 Å². The predicted molar refractivity (Wildman–Crippen MR) is 105 cm³/mol. The van der Waals surface area contributed by atoms with E-state index in [-0.39, 0.29) is 12.5 Å². The zero-order valence-electron chi connectivity index (χ0n) is 15.5. The summed E-state index contributed by atoms with van der Waals surface area (Å²) in [6, 6.07) is 18.1. The van der Waals surface area contributed by atoms with Gasteiger partial charge in [-0.15, -0.1) is 0 Å². The van der Waals surface area contributed by atoms with Crippen molar-refractivity contribution in [3.63, 3.8) is 0 Å². The molecule has 0 radical (unpaired) electrons. The lowest BCUT2D eigenvalue weighted by molar-refractivity contribution is -0.132. The third-order valence-electron chi connectivity index (χ3n) is 5.19. The fraction of sp³-hybridized carbons (Fsp3) is 0.409. The zero-order valence-corrected chi connectivity index (χ0v) is 15.5. The van der Waals surface area contributed by atoms with E-state index in [2.05, 4.69) is 17.0 Å². The van der Waals surface area contributed by atoms with Crippen LogP contribution in [0.4, 0.5) is 5.69 Å². The topological polar surface area (TPSA) is 53.0 Å². The molecular weight excluding hydrogens is 340 g/mol. The number of β-amino-alcohol motifs (C(OH)–C–C–N with tert-alkyl or cyclic N) is 1. The molecule has 4 rings (SSSR count). The summed E-state index contributed by atoms with van der Waals surface area (Å²) < 4.78 is 5.68. The molecule has 1 aliphatic heterocycles. The van der Waals surface area contributed by atoms with Crippen LogP contribution >= 0.6 is 0 Å². The molecular formula is C22H26N2O3. The highest BCUT2D eigenvalue weighted by molar-refractivity contribution is 5.78. The number of aliphatic hydroxyl groups excluding tert-OH is 1. The fourth-order valence-corrected chi connectivity index (χ4v) is 3.64. The van der Waals surface area contributed by atoms with Gasteiger partial charge in [-0.2, -0.15) is 0 Å². The first-order valence-electron chi connectivity index (χ1n) is 9.69. The molecule has 1 aliphatic carbocycles. The summed E-state index contributed by atoms with van der Waals surface area (Å²) in [5.74, 6) is 0.965. The predicted octanol–water partition coefficient (Wildman–Crippen LogP) is 2.83. The largest absolute Gasteiger partial charge is 0.491 e. The Kier molecular flexibility index (Phi) is 5.30. The Morgan fingerprint density at radius 2 is 1.81 bits per heavy atom. The lowest BCUT2D eigenvalue weighted by Crippen LogP contribution is -2.42. The molecule has 2 aromatic carbocycles. The van der Waals surface area contributed by atoms with Gasteiger partial charge >= 0.3 is 0 Å². The van der Waals surface area contributed by atoms with Gasteiger partial charge in [-0.3, -0.25) is 4.79 Å². The average Bonchev–Trinajstić information content (AvgIpc) is 3.52. The van der Waals surface area contributed by atoms with Crippen molar-refractivity contribution in [3.05, 3.63) is 60.2 Å². The molecule has 2 aliphatic rings. The Labute approximate surface area is 160 Å². The summed E-state index contributed by atoms with van der Waals surface area (Å²) in [5.41, 5.74) is 2.25. The molecule has 142 valence electrons. The van der Waals surface area contributed by atoms with Crippen molar-refractivity contribution in [2.24, 2.45) is 0 Å². The van der Waals surface area contributed by atoms with Crippen LogP contribution in [0.5, 0.6) is 5.75 Å². The van der Waals surface area contributed by atoms with E-state index in [1.165, 1.54) is 0 Å². The van der Waals surface area contributed by atoms with E-state index in [9.17, 15) is 9.90 Å². The van der Waals surface area contributed by atoms with Gasteiger partial charge in [-0.1, -0.05) is 36.4 Å². The second-order valence-electron chi connectivity index (χ2n) is 7.36. The van der Waals surface area contributed by atoms with Crippen LogP contribution in [0.25, 0.3) is 0 Å². The number of amides is 1. The van der Waals surface area contributed by atoms with Crippen LogP contribution in [0.1, 0.15) is 24.8 Å². The Morgan fingerprint density at radius 1 is 1.07 bits per heavy atom. The quantitative estimate of drug-likeness (QED) is 0.854. The van der Waals surface area contributed by atoms with E-state index in [0.29, 0.717) is 32.1 Å². The molecule has 1 fully saturated rings. The first kappa shape index (κ1) is 17.9. The van der Waals surface area contributed by atoms with Gasteiger partial charge in [0.2, 0.25) is 5.91 Å². The number of hydrogen-bond acceptors (Lipinski definition) is 4. The molecule has 1 saturated carbocycles. The van der Waals surface area contributed by atoms with Gasteiger partial charge in [-0.25, -0.2) is 0 Å². The highest BCUT2D eigenvalue weighted by Gasteiger charge is 2.34. The van der Waals surface area contributed by atoms with Crippen molar-refractivity contribution in [2.45, 2.75) is 38.0 Å². The number of carbonyl (C=O) groups excluding carboxylic acids is 1. The first-order valence-corrected chi connectivity index (χ1v) is 9.69. The number of hydrogen-bond donors (Lipinski definition) is 1. The van der Waals surface area contributed by atoms with Crippen molar-refractivity contribution >= 4 is 11.6 Å². The van der Waals surface area contributed by atoms with Gasteiger partial charge in [0, 0.05) is 37.8 Å². The van der Waals surface area contributed by atoms with Crippen molar-refractivity contribution in [2.75, 3.05) is 24.6 Å².